The number of allylic oxidation sites excluding steroid dienone is 2. The minimum atomic E-state index is -1.43. The summed E-state index contributed by atoms with van der Waals surface area (Å²) in [4.78, 5) is 0. The van der Waals surface area contributed by atoms with Gasteiger partial charge in [-0.1, -0.05) is 24.3 Å². The van der Waals surface area contributed by atoms with E-state index >= 15 is 0 Å². The second-order valence-electron chi connectivity index (χ2n) is 1.47. The summed E-state index contributed by atoms with van der Waals surface area (Å²) >= 11 is 0. The Labute approximate surface area is 44.4 Å². The van der Waals surface area contributed by atoms with Crippen LogP contribution in [0.5, 0.6) is 0 Å². The highest BCUT2D eigenvalue weighted by atomic mass is 16.3. The Kier molecular flexibility index (Phi) is 0.953. The summed E-state index contributed by atoms with van der Waals surface area (Å²) in [6, 6.07) is 0. The van der Waals surface area contributed by atoms with Crippen molar-refractivity contribution in [3.05, 3.63) is 24.3 Å². The average molecular weight is 97.1 g/mol. The Balaban J connectivity index is 2.69. The summed E-state index contributed by atoms with van der Waals surface area (Å²) in [7, 11) is 0. The fourth-order valence-electron chi connectivity index (χ4n) is 0.512. The van der Waals surface area contributed by atoms with Crippen LogP contribution in [0.3, 0.4) is 0 Å². The summed E-state index contributed by atoms with van der Waals surface area (Å²) in [6.45, 7) is 0. The highest BCUT2D eigenvalue weighted by molar-refractivity contribution is 5.09. The van der Waals surface area contributed by atoms with Crippen LogP contribution in [0, 0.1) is 0 Å². The Hall–Kier alpha value is -0.560. The van der Waals surface area contributed by atoms with Crippen LogP contribution in [0.15, 0.2) is 24.3 Å². The zero-order valence-electron chi connectivity index (χ0n) is 4.96. The number of aliphatic hydroxyl groups is 1. The van der Waals surface area contributed by atoms with E-state index in [1.54, 1.807) is 12.2 Å². The molecular weight excluding hydrogens is 88.1 g/mol. The first-order valence-corrected chi connectivity index (χ1v) is 2.28. The SMILES string of the molecule is [2H]C1(O)C=CCC=C1. The van der Waals surface area contributed by atoms with Gasteiger partial charge in [0.15, 0.2) is 0 Å². The lowest BCUT2D eigenvalue weighted by atomic mass is 10.2. The second-order valence-corrected chi connectivity index (χ2v) is 1.47. The molecule has 0 spiro atoms. The van der Waals surface area contributed by atoms with Crippen LogP contribution in [0.2, 0.25) is 0 Å². The van der Waals surface area contributed by atoms with Crippen molar-refractivity contribution in [3.63, 3.8) is 0 Å². The zero-order valence-corrected chi connectivity index (χ0v) is 3.96. The highest BCUT2D eigenvalue weighted by Gasteiger charge is 1.91. The van der Waals surface area contributed by atoms with E-state index in [2.05, 4.69) is 0 Å². The molecule has 1 aliphatic rings. The molecular formula is C6H8O. The lowest BCUT2D eigenvalue weighted by molar-refractivity contribution is 0.269. The van der Waals surface area contributed by atoms with Gasteiger partial charge in [0.25, 0.3) is 0 Å². The molecule has 1 rings (SSSR count). The van der Waals surface area contributed by atoms with Gasteiger partial charge >= 0.3 is 0 Å². The third kappa shape index (κ3) is 1.16. The van der Waals surface area contributed by atoms with Crippen molar-refractivity contribution < 1.29 is 6.48 Å². The van der Waals surface area contributed by atoms with Gasteiger partial charge in [-0.3, -0.25) is 0 Å². The maximum atomic E-state index is 8.87. The fourth-order valence-corrected chi connectivity index (χ4v) is 0.512. The molecule has 0 saturated carbocycles. The molecule has 0 aromatic rings. The van der Waals surface area contributed by atoms with E-state index in [1.807, 2.05) is 0 Å². The van der Waals surface area contributed by atoms with Crippen LogP contribution < -0.4 is 0 Å². The molecule has 1 aliphatic carbocycles. The van der Waals surface area contributed by atoms with Gasteiger partial charge in [0.1, 0.15) is 0 Å². The van der Waals surface area contributed by atoms with Gasteiger partial charge in [-0.25, -0.2) is 0 Å². The van der Waals surface area contributed by atoms with E-state index in [4.69, 9.17) is 6.48 Å². The summed E-state index contributed by atoms with van der Waals surface area (Å²) in [5, 5.41) is 8.87. The van der Waals surface area contributed by atoms with Crippen LogP contribution >= 0.6 is 0 Å². The molecule has 0 bridgehead atoms. The summed E-state index contributed by atoms with van der Waals surface area (Å²) in [6.07, 6.45) is 5.87. The summed E-state index contributed by atoms with van der Waals surface area (Å²) in [5.74, 6) is 0. The van der Waals surface area contributed by atoms with E-state index in [-0.39, 0.29) is 0 Å². The van der Waals surface area contributed by atoms with Crippen molar-refractivity contribution in [1.29, 1.82) is 0 Å². The number of rotatable bonds is 0. The average Bonchev–Trinajstić information content (AvgIpc) is 1.65. The molecule has 0 radical (unpaired) electrons. The minimum absolute atomic E-state index is 0.835. The standard InChI is InChI=1S/C6H8O/c7-6-4-2-1-3-5-6/h2-7H,1H2/i6D. The van der Waals surface area contributed by atoms with Crippen LogP contribution in [0.4, 0.5) is 0 Å². The smallest absolute Gasteiger partial charge is 0.0902 e. The lowest BCUT2D eigenvalue weighted by Gasteiger charge is -1.99. The first-order valence-electron chi connectivity index (χ1n) is 2.78. The normalized spacial score (nSPS) is 27.3. The Morgan fingerprint density at radius 2 is 2.14 bits per heavy atom. The maximum Gasteiger partial charge on any atom is 0.0902 e. The quantitative estimate of drug-likeness (QED) is 0.444. The van der Waals surface area contributed by atoms with Crippen molar-refractivity contribution in [2.24, 2.45) is 0 Å². The monoisotopic (exact) mass is 97.1 g/mol. The van der Waals surface area contributed by atoms with E-state index in [1.165, 1.54) is 12.2 Å². The Morgan fingerprint density at radius 3 is 2.43 bits per heavy atom. The number of hydrogen-bond acceptors (Lipinski definition) is 1. The first kappa shape index (κ1) is 3.44. The van der Waals surface area contributed by atoms with E-state index < -0.39 is 6.08 Å². The summed E-state index contributed by atoms with van der Waals surface area (Å²) in [5.41, 5.74) is 0. The Morgan fingerprint density at radius 1 is 1.57 bits per heavy atom. The van der Waals surface area contributed by atoms with Crippen LogP contribution in [-0.2, 0) is 0 Å². The van der Waals surface area contributed by atoms with E-state index in [0.29, 0.717) is 0 Å². The van der Waals surface area contributed by atoms with Gasteiger partial charge in [-0.2, -0.15) is 0 Å². The molecule has 0 heterocycles. The molecule has 1 nitrogen and oxygen atoms in total. The molecule has 0 saturated heterocycles. The molecule has 0 unspecified atom stereocenters. The van der Waals surface area contributed by atoms with Crippen LogP contribution in [0.1, 0.15) is 7.79 Å². The van der Waals surface area contributed by atoms with Gasteiger partial charge in [-0.15, -0.1) is 0 Å². The molecule has 38 valence electrons. The molecule has 0 atom stereocenters. The van der Waals surface area contributed by atoms with E-state index in [0.717, 1.165) is 6.42 Å². The summed E-state index contributed by atoms with van der Waals surface area (Å²) < 4.78 is 7.01. The third-order valence-electron chi connectivity index (χ3n) is 0.849. The topological polar surface area (TPSA) is 20.2 Å². The van der Waals surface area contributed by atoms with Crippen LogP contribution in [-0.4, -0.2) is 11.2 Å². The number of hydrogen-bond donors (Lipinski definition) is 1. The molecule has 1 N–H and O–H groups in total. The zero-order chi connectivity index (χ0) is 6.04. The second kappa shape index (κ2) is 1.94. The van der Waals surface area contributed by atoms with Crippen molar-refractivity contribution >= 4 is 0 Å². The van der Waals surface area contributed by atoms with Crippen LogP contribution in [0.25, 0.3) is 0 Å². The largest absolute Gasteiger partial charge is 0.385 e. The third-order valence-corrected chi connectivity index (χ3v) is 0.849. The molecule has 0 fully saturated rings. The van der Waals surface area contributed by atoms with Crippen molar-refractivity contribution in [1.82, 2.24) is 0 Å². The van der Waals surface area contributed by atoms with Gasteiger partial charge in [0, 0.05) is 0 Å². The van der Waals surface area contributed by atoms with Gasteiger partial charge < -0.3 is 5.11 Å². The van der Waals surface area contributed by atoms with Gasteiger partial charge in [0.2, 0.25) is 0 Å². The van der Waals surface area contributed by atoms with Gasteiger partial charge in [-0.05, 0) is 6.42 Å². The van der Waals surface area contributed by atoms with Crippen molar-refractivity contribution in [3.8, 4) is 0 Å². The fraction of sp³-hybridized carbons (Fsp3) is 0.333. The minimum Gasteiger partial charge on any atom is -0.385 e. The Bertz CT molecular complexity index is 121. The molecule has 0 aromatic carbocycles. The molecule has 0 aromatic heterocycles. The highest BCUT2D eigenvalue weighted by Crippen LogP contribution is 1.98. The predicted molar refractivity (Wildman–Crippen MR) is 28.9 cm³/mol. The van der Waals surface area contributed by atoms with Gasteiger partial charge in [0.05, 0.1) is 7.45 Å². The van der Waals surface area contributed by atoms with Crippen molar-refractivity contribution in [2.75, 3.05) is 0 Å². The molecule has 0 aliphatic heterocycles. The van der Waals surface area contributed by atoms with Crippen molar-refractivity contribution in [2.45, 2.75) is 12.5 Å². The lowest BCUT2D eigenvalue weighted by Crippen LogP contribution is -1.97. The predicted octanol–water partition coefficient (Wildman–Crippen LogP) is 0.863. The van der Waals surface area contributed by atoms with E-state index in [9.17, 15) is 0 Å². The molecule has 7 heavy (non-hydrogen) atoms. The first-order chi connectivity index (χ1) is 3.71. The molecule has 1 heteroatoms. The molecule has 0 amide bonds. The maximum absolute atomic E-state index is 8.87.